The lowest BCUT2D eigenvalue weighted by molar-refractivity contribution is -0.121. The van der Waals surface area contributed by atoms with E-state index in [1.807, 2.05) is 54.6 Å². The molecule has 0 saturated carbocycles. The number of aliphatic hydroxyl groups excluding tert-OH is 1. The minimum Gasteiger partial charge on any atom is -0.387 e. The van der Waals surface area contributed by atoms with E-state index in [4.69, 9.17) is 0 Å². The number of aliphatic hydroxyl groups is 1. The van der Waals surface area contributed by atoms with E-state index in [-0.39, 0.29) is 25.4 Å². The van der Waals surface area contributed by atoms with Crippen LogP contribution >= 0.6 is 0 Å². The van der Waals surface area contributed by atoms with Gasteiger partial charge in [-0.15, -0.1) is 0 Å². The van der Waals surface area contributed by atoms with Crippen LogP contribution in [0.15, 0.2) is 67.0 Å². The second-order valence-electron chi connectivity index (χ2n) is 6.64. The van der Waals surface area contributed by atoms with Crippen LogP contribution in [0.4, 0.5) is 4.79 Å². The van der Waals surface area contributed by atoms with E-state index in [1.54, 1.807) is 12.4 Å². The third-order valence-electron chi connectivity index (χ3n) is 4.49. The van der Waals surface area contributed by atoms with Gasteiger partial charge in [0.05, 0.1) is 6.10 Å². The fourth-order valence-corrected chi connectivity index (χ4v) is 2.86. The number of benzene rings is 2. The first-order valence-corrected chi connectivity index (χ1v) is 9.46. The standard InChI is InChI=1S/C22H24N4O3/c27-20(19-6-5-17-3-1-2-4-18(17)13-19)15-26-22(29)24-12-9-21(28)25-14-16-7-10-23-11-8-16/h1-8,10-11,13,20,27H,9,12,14-15H2,(H,25,28)(H2,24,26,29). The zero-order chi connectivity index (χ0) is 20.5. The third kappa shape index (κ3) is 6.29. The van der Waals surface area contributed by atoms with Crippen molar-refractivity contribution in [3.05, 3.63) is 78.1 Å². The summed E-state index contributed by atoms with van der Waals surface area (Å²) in [6, 6.07) is 16.8. The summed E-state index contributed by atoms with van der Waals surface area (Å²) in [4.78, 5) is 27.6. The maximum absolute atomic E-state index is 11.9. The van der Waals surface area contributed by atoms with E-state index in [9.17, 15) is 14.7 Å². The van der Waals surface area contributed by atoms with Crippen molar-refractivity contribution in [3.63, 3.8) is 0 Å². The SMILES string of the molecule is O=C(CCNC(=O)NCC(O)c1ccc2ccccc2c1)NCc1ccncc1. The lowest BCUT2D eigenvalue weighted by Crippen LogP contribution is -2.39. The molecule has 0 spiro atoms. The monoisotopic (exact) mass is 392 g/mol. The van der Waals surface area contributed by atoms with Crippen LogP contribution in [0, 0.1) is 0 Å². The van der Waals surface area contributed by atoms with Crippen LogP contribution in [0.5, 0.6) is 0 Å². The van der Waals surface area contributed by atoms with Crippen LogP contribution < -0.4 is 16.0 Å². The van der Waals surface area contributed by atoms with Crippen LogP contribution in [0.3, 0.4) is 0 Å². The van der Waals surface area contributed by atoms with Gasteiger partial charge in [0.2, 0.25) is 5.91 Å². The van der Waals surface area contributed by atoms with Gasteiger partial charge < -0.3 is 21.1 Å². The van der Waals surface area contributed by atoms with Gasteiger partial charge in [-0.05, 0) is 40.1 Å². The maximum Gasteiger partial charge on any atom is 0.314 e. The summed E-state index contributed by atoms with van der Waals surface area (Å²) in [5.74, 6) is -0.154. The minimum absolute atomic E-state index is 0.0818. The molecule has 3 rings (SSSR count). The average Bonchev–Trinajstić information content (AvgIpc) is 2.76. The Morgan fingerprint density at radius 1 is 0.931 bits per heavy atom. The Morgan fingerprint density at radius 3 is 2.48 bits per heavy atom. The number of rotatable bonds is 8. The lowest BCUT2D eigenvalue weighted by atomic mass is 10.0. The predicted octanol–water partition coefficient (Wildman–Crippen LogP) is 2.27. The van der Waals surface area contributed by atoms with E-state index in [0.717, 1.165) is 21.9 Å². The summed E-state index contributed by atoms with van der Waals surface area (Å²) in [6.07, 6.45) is 2.69. The summed E-state index contributed by atoms with van der Waals surface area (Å²) in [5, 5.41) is 20.5. The Balaban J connectivity index is 1.35. The van der Waals surface area contributed by atoms with Gasteiger partial charge in [0.1, 0.15) is 0 Å². The molecule has 7 heteroatoms. The number of nitrogens with zero attached hydrogens (tertiary/aromatic N) is 1. The number of urea groups is 1. The number of carbonyl (C=O) groups is 2. The van der Waals surface area contributed by atoms with Crippen LogP contribution in [-0.2, 0) is 11.3 Å². The first-order chi connectivity index (χ1) is 14.1. The number of amides is 3. The summed E-state index contributed by atoms with van der Waals surface area (Å²) in [5.41, 5.74) is 1.70. The van der Waals surface area contributed by atoms with Crippen molar-refractivity contribution in [1.29, 1.82) is 0 Å². The first-order valence-electron chi connectivity index (χ1n) is 9.46. The molecule has 29 heavy (non-hydrogen) atoms. The molecule has 3 amide bonds. The smallest absolute Gasteiger partial charge is 0.314 e. The number of pyridine rings is 1. The molecule has 3 aromatic rings. The van der Waals surface area contributed by atoms with Crippen molar-refractivity contribution >= 4 is 22.7 Å². The fraction of sp³-hybridized carbons (Fsp3) is 0.227. The number of aromatic nitrogens is 1. The Hall–Kier alpha value is -3.45. The molecule has 0 radical (unpaired) electrons. The summed E-state index contributed by atoms with van der Waals surface area (Å²) >= 11 is 0. The molecule has 0 bridgehead atoms. The van der Waals surface area contributed by atoms with Crippen LogP contribution in [0.1, 0.15) is 23.7 Å². The quantitative estimate of drug-likeness (QED) is 0.472. The highest BCUT2D eigenvalue weighted by Gasteiger charge is 2.10. The van der Waals surface area contributed by atoms with Crippen LogP contribution in [0.2, 0.25) is 0 Å². The zero-order valence-corrected chi connectivity index (χ0v) is 16.0. The van der Waals surface area contributed by atoms with E-state index in [0.29, 0.717) is 6.54 Å². The van der Waals surface area contributed by atoms with Gasteiger partial charge in [-0.25, -0.2) is 4.79 Å². The Bertz CT molecular complexity index is 962. The van der Waals surface area contributed by atoms with Gasteiger partial charge >= 0.3 is 6.03 Å². The summed E-state index contributed by atoms with van der Waals surface area (Å²) < 4.78 is 0. The van der Waals surface area contributed by atoms with Gasteiger partial charge in [-0.3, -0.25) is 9.78 Å². The van der Waals surface area contributed by atoms with Gasteiger partial charge in [0, 0.05) is 38.4 Å². The largest absolute Gasteiger partial charge is 0.387 e. The van der Waals surface area contributed by atoms with E-state index in [2.05, 4.69) is 20.9 Å². The molecule has 4 N–H and O–H groups in total. The van der Waals surface area contributed by atoms with Crippen molar-refractivity contribution in [2.75, 3.05) is 13.1 Å². The molecule has 0 aliphatic heterocycles. The highest BCUT2D eigenvalue weighted by atomic mass is 16.3. The van der Waals surface area contributed by atoms with E-state index < -0.39 is 12.1 Å². The molecule has 1 heterocycles. The molecule has 1 aromatic heterocycles. The third-order valence-corrected chi connectivity index (χ3v) is 4.49. The topological polar surface area (TPSA) is 103 Å². The number of hydrogen-bond donors (Lipinski definition) is 4. The molecule has 7 nitrogen and oxygen atoms in total. The second kappa shape index (κ2) is 10.2. The second-order valence-corrected chi connectivity index (χ2v) is 6.64. The van der Waals surface area contributed by atoms with Crippen LogP contribution in [0.25, 0.3) is 10.8 Å². The van der Waals surface area contributed by atoms with Gasteiger partial charge in [0.25, 0.3) is 0 Å². The maximum atomic E-state index is 11.9. The average molecular weight is 392 g/mol. The number of carbonyl (C=O) groups excluding carboxylic acids is 2. The number of nitrogens with one attached hydrogen (secondary N) is 3. The number of fused-ring (bicyclic) bond motifs is 1. The van der Waals surface area contributed by atoms with Crippen LogP contribution in [-0.4, -0.2) is 35.1 Å². The van der Waals surface area contributed by atoms with Crippen molar-refractivity contribution in [2.24, 2.45) is 0 Å². The normalized spacial score (nSPS) is 11.6. The predicted molar refractivity (Wildman–Crippen MR) is 111 cm³/mol. The van der Waals surface area contributed by atoms with Gasteiger partial charge in [0.15, 0.2) is 0 Å². The lowest BCUT2D eigenvalue weighted by Gasteiger charge is -2.14. The van der Waals surface area contributed by atoms with E-state index in [1.165, 1.54) is 0 Å². The summed E-state index contributed by atoms with van der Waals surface area (Å²) in [7, 11) is 0. The highest BCUT2D eigenvalue weighted by Crippen LogP contribution is 2.19. The summed E-state index contributed by atoms with van der Waals surface area (Å²) in [6.45, 7) is 0.712. The minimum atomic E-state index is -0.811. The van der Waals surface area contributed by atoms with Crippen molar-refractivity contribution in [2.45, 2.75) is 19.1 Å². The number of hydrogen-bond acceptors (Lipinski definition) is 4. The molecular weight excluding hydrogens is 368 g/mol. The molecule has 0 saturated heterocycles. The first kappa shape index (κ1) is 20.3. The molecule has 1 atom stereocenters. The van der Waals surface area contributed by atoms with Gasteiger partial charge in [-0.2, -0.15) is 0 Å². The highest BCUT2D eigenvalue weighted by molar-refractivity contribution is 5.83. The van der Waals surface area contributed by atoms with Gasteiger partial charge in [-0.1, -0.05) is 36.4 Å². The molecule has 2 aromatic carbocycles. The molecule has 150 valence electrons. The van der Waals surface area contributed by atoms with Crippen molar-refractivity contribution in [1.82, 2.24) is 20.9 Å². The molecule has 0 aliphatic carbocycles. The van der Waals surface area contributed by atoms with Crippen molar-refractivity contribution in [3.8, 4) is 0 Å². The molecule has 0 aliphatic rings. The fourth-order valence-electron chi connectivity index (χ4n) is 2.86. The molecule has 1 unspecified atom stereocenters. The zero-order valence-electron chi connectivity index (χ0n) is 16.0. The molecule has 0 fully saturated rings. The van der Waals surface area contributed by atoms with E-state index >= 15 is 0 Å². The Labute approximate surface area is 169 Å². The van der Waals surface area contributed by atoms with Crippen molar-refractivity contribution < 1.29 is 14.7 Å². The molecular formula is C22H24N4O3. The Morgan fingerprint density at radius 2 is 1.69 bits per heavy atom. The Kier molecular flexibility index (Phi) is 7.13.